The van der Waals surface area contributed by atoms with Gasteiger partial charge < -0.3 is 10.4 Å². The van der Waals surface area contributed by atoms with Crippen LogP contribution in [0.25, 0.3) is 10.2 Å². The van der Waals surface area contributed by atoms with Crippen molar-refractivity contribution in [3.63, 3.8) is 0 Å². The number of hydrogen-bond donors (Lipinski definition) is 2. The molecule has 7 heteroatoms. The molecule has 3 aromatic heterocycles. The van der Waals surface area contributed by atoms with Gasteiger partial charge in [-0.25, -0.2) is 9.97 Å². The Morgan fingerprint density at radius 2 is 2.33 bits per heavy atom. The SMILES string of the molecule is CCc1cc2c(N[C@@H]3CCCc4c3cnn4CCO)ncnc2s1. The van der Waals surface area contributed by atoms with E-state index in [4.69, 9.17) is 0 Å². The molecular weight excluding hydrogens is 322 g/mol. The van der Waals surface area contributed by atoms with Gasteiger partial charge in [-0.1, -0.05) is 6.92 Å². The number of hydrogen-bond acceptors (Lipinski definition) is 6. The van der Waals surface area contributed by atoms with E-state index in [0.717, 1.165) is 41.7 Å². The normalized spacial score (nSPS) is 17.2. The van der Waals surface area contributed by atoms with E-state index in [1.54, 1.807) is 17.7 Å². The molecule has 0 aromatic carbocycles. The lowest BCUT2D eigenvalue weighted by molar-refractivity contribution is 0.266. The molecule has 6 nitrogen and oxygen atoms in total. The first kappa shape index (κ1) is 15.5. The van der Waals surface area contributed by atoms with Gasteiger partial charge in [-0.2, -0.15) is 5.10 Å². The van der Waals surface area contributed by atoms with Crippen molar-refractivity contribution in [3.8, 4) is 0 Å². The first-order valence-electron chi connectivity index (χ1n) is 8.45. The second-order valence-electron chi connectivity index (χ2n) is 6.09. The zero-order valence-electron chi connectivity index (χ0n) is 13.7. The van der Waals surface area contributed by atoms with E-state index in [9.17, 15) is 5.11 Å². The summed E-state index contributed by atoms with van der Waals surface area (Å²) < 4.78 is 1.93. The summed E-state index contributed by atoms with van der Waals surface area (Å²) in [7, 11) is 0. The molecule has 0 saturated heterocycles. The minimum atomic E-state index is 0.118. The summed E-state index contributed by atoms with van der Waals surface area (Å²) in [5.41, 5.74) is 2.46. The van der Waals surface area contributed by atoms with Gasteiger partial charge in [0.05, 0.1) is 30.8 Å². The van der Waals surface area contributed by atoms with E-state index in [-0.39, 0.29) is 12.6 Å². The van der Waals surface area contributed by atoms with Crippen LogP contribution in [-0.2, 0) is 19.4 Å². The first-order valence-corrected chi connectivity index (χ1v) is 9.27. The molecule has 0 radical (unpaired) electrons. The molecule has 4 rings (SSSR count). The predicted octanol–water partition coefficient (Wildman–Crippen LogP) is 2.93. The smallest absolute Gasteiger partial charge is 0.138 e. The Balaban J connectivity index is 1.66. The molecule has 0 fully saturated rings. The third-order valence-corrected chi connectivity index (χ3v) is 5.80. The van der Waals surface area contributed by atoms with Crippen molar-refractivity contribution >= 4 is 27.4 Å². The lowest BCUT2D eigenvalue weighted by Gasteiger charge is -2.24. The predicted molar refractivity (Wildman–Crippen MR) is 95.4 cm³/mol. The Labute approximate surface area is 144 Å². The highest BCUT2D eigenvalue weighted by Crippen LogP contribution is 2.35. The summed E-state index contributed by atoms with van der Waals surface area (Å²) in [6, 6.07) is 2.41. The maximum Gasteiger partial charge on any atom is 0.138 e. The second-order valence-corrected chi connectivity index (χ2v) is 7.21. The number of fused-ring (bicyclic) bond motifs is 2. The molecule has 1 aliphatic rings. The molecule has 126 valence electrons. The molecule has 0 spiro atoms. The minimum Gasteiger partial charge on any atom is -0.394 e. The van der Waals surface area contributed by atoms with Gasteiger partial charge in [0.2, 0.25) is 0 Å². The molecule has 0 bridgehead atoms. The number of nitrogens with one attached hydrogen (secondary N) is 1. The van der Waals surface area contributed by atoms with E-state index in [2.05, 4.69) is 33.4 Å². The second kappa shape index (κ2) is 6.49. The number of nitrogens with zero attached hydrogens (tertiary/aromatic N) is 4. The van der Waals surface area contributed by atoms with Crippen LogP contribution in [0, 0.1) is 0 Å². The van der Waals surface area contributed by atoms with Crippen LogP contribution in [0.15, 0.2) is 18.6 Å². The molecule has 0 saturated carbocycles. The molecule has 2 N–H and O–H groups in total. The monoisotopic (exact) mass is 343 g/mol. The van der Waals surface area contributed by atoms with E-state index >= 15 is 0 Å². The van der Waals surface area contributed by atoms with E-state index in [0.29, 0.717) is 6.54 Å². The zero-order valence-corrected chi connectivity index (χ0v) is 14.5. The lowest BCUT2D eigenvalue weighted by atomic mass is 9.93. The molecule has 0 unspecified atom stereocenters. The maximum absolute atomic E-state index is 9.19. The number of anilines is 1. The molecule has 0 aliphatic heterocycles. The summed E-state index contributed by atoms with van der Waals surface area (Å²) >= 11 is 1.73. The summed E-state index contributed by atoms with van der Waals surface area (Å²) in [6.45, 7) is 2.84. The van der Waals surface area contributed by atoms with Gasteiger partial charge in [0.15, 0.2) is 0 Å². The van der Waals surface area contributed by atoms with E-state index in [1.165, 1.54) is 16.1 Å². The molecule has 24 heavy (non-hydrogen) atoms. The molecule has 3 aromatic rings. The van der Waals surface area contributed by atoms with Crippen molar-refractivity contribution in [1.29, 1.82) is 0 Å². The van der Waals surface area contributed by atoms with Crippen molar-refractivity contribution in [2.24, 2.45) is 0 Å². The Hall–Kier alpha value is -1.99. The van der Waals surface area contributed by atoms with Crippen molar-refractivity contribution in [1.82, 2.24) is 19.7 Å². The summed E-state index contributed by atoms with van der Waals surface area (Å²) in [5, 5.41) is 18.4. The largest absolute Gasteiger partial charge is 0.394 e. The number of aryl methyl sites for hydroxylation is 1. The van der Waals surface area contributed by atoms with Crippen LogP contribution in [0.3, 0.4) is 0 Å². The van der Waals surface area contributed by atoms with Crippen LogP contribution in [0.2, 0.25) is 0 Å². The fourth-order valence-corrected chi connectivity index (χ4v) is 4.35. The van der Waals surface area contributed by atoms with Crippen molar-refractivity contribution < 1.29 is 5.11 Å². The van der Waals surface area contributed by atoms with Crippen molar-refractivity contribution in [3.05, 3.63) is 34.7 Å². The highest BCUT2D eigenvalue weighted by Gasteiger charge is 2.25. The molecule has 3 heterocycles. The van der Waals surface area contributed by atoms with Crippen LogP contribution >= 0.6 is 11.3 Å². The number of aliphatic hydroxyl groups excluding tert-OH is 1. The molecular formula is C17H21N5OS. The number of aromatic nitrogens is 4. The average Bonchev–Trinajstić information content (AvgIpc) is 3.21. The van der Waals surface area contributed by atoms with Crippen molar-refractivity contribution in [2.75, 3.05) is 11.9 Å². The highest BCUT2D eigenvalue weighted by atomic mass is 32.1. The topological polar surface area (TPSA) is 75.9 Å². The van der Waals surface area contributed by atoms with Gasteiger partial charge in [0.25, 0.3) is 0 Å². The van der Waals surface area contributed by atoms with E-state index < -0.39 is 0 Å². The van der Waals surface area contributed by atoms with Gasteiger partial charge in [-0.3, -0.25) is 4.68 Å². The average molecular weight is 343 g/mol. The fourth-order valence-electron chi connectivity index (χ4n) is 3.42. The van der Waals surface area contributed by atoms with E-state index in [1.807, 2.05) is 10.9 Å². The summed E-state index contributed by atoms with van der Waals surface area (Å²) in [4.78, 5) is 11.2. The third kappa shape index (κ3) is 2.67. The number of rotatable bonds is 5. The van der Waals surface area contributed by atoms with Gasteiger partial charge in [-0.15, -0.1) is 11.3 Å². The molecule has 0 amide bonds. The minimum absolute atomic E-state index is 0.118. The zero-order chi connectivity index (χ0) is 16.5. The molecule has 1 atom stereocenters. The Kier molecular flexibility index (Phi) is 4.20. The highest BCUT2D eigenvalue weighted by molar-refractivity contribution is 7.18. The third-order valence-electron chi connectivity index (χ3n) is 4.61. The van der Waals surface area contributed by atoms with Gasteiger partial charge in [0.1, 0.15) is 17.0 Å². The standard InChI is InChI=1S/C17H21N5OS/c1-2-11-8-12-16(18-10-19-17(12)24-11)21-14-4-3-5-15-13(14)9-20-22(15)6-7-23/h8-10,14,23H,2-7H2,1H3,(H,18,19,21)/t14-/m1/s1. The van der Waals surface area contributed by atoms with Crippen LogP contribution in [0.5, 0.6) is 0 Å². The quantitative estimate of drug-likeness (QED) is 0.745. The van der Waals surface area contributed by atoms with Crippen LogP contribution in [0.4, 0.5) is 5.82 Å². The van der Waals surface area contributed by atoms with Gasteiger partial charge >= 0.3 is 0 Å². The fraction of sp³-hybridized carbons (Fsp3) is 0.471. The van der Waals surface area contributed by atoms with Crippen LogP contribution in [-0.4, -0.2) is 31.5 Å². The Morgan fingerprint density at radius 3 is 3.17 bits per heavy atom. The summed E-state index contributed by atoms with van der Waals surface area (Å²) in [6.07, 6.45) is 7.78. The van der Waals surface area contributed by atoms with Crippen LogP contribution < -0.4 is 5.32 Å². The Morgan fingerprint density at radius 1 is 1.42 bits per heavy atom. The number of aliphatic hydroxyl groups is 1. The first-order chi connectivity index (χ1) is 11.8. The Bertz CT molecular complexity index is 856. The van der Waals surface area contributed by atoms with Crippen LogP contribution in [0.1, 0.15) is 41.9 Å². The maximum atomic E-state index is 9.19. The molecule has 1 aliphatic carbocycles. The van der Waals surface area contributed by atoms with Gasteiger partial charge in [-0.05, 0) is 31.7 Å². The number of thiophene rings is 1. The lowest BCUT2D eigenvalue weighted by Crippen LogP contribution is -2.19. The summed E-state index contributed by atoms with van der Waals surface area (Å²) in [5.74, 6) is 0.906. The van der Waals surface area contributed by atoms with Gasteiger partial charge in [0, 0.05) is 16.1 Å². The van der Waals surface area contributed by atoms with Crippen molar-refractivity contribution in [2.45, 2.75) is 45.2 Å².